The summed E-state index contributed by atoms with van der Waals surface area (Å²) in [5.74, 6) is 1.72. The second-order valence-electron chi connectivity index (χ2n) is 5.89. The van der Waals surface area contributed by atoms with Gasteiger partial charge in [0.1, 0.15) is 0 Å². The molecule has 1 atom stereocenters. The first-order valence-corrected chi connectivity index (χ1v) is 6.08. The Balaban J connectivity index is 3.30. The van der Waals surface area contributed by atoms with Crippen LogP contribution in [0.3, 0.4) is 0 Å². The van der Waals surface area contributed by atoms with Crippen molar-refractivity contribution in [2.24, 2.45) is 11.8 Å². The van der Waals surface area contributed by atoms with E-state index in [0.717, 1.165) is 18.4 Å². The SMILES string of the molecule is CC(C)C(C)CCCCNC(C)(C)C. The molecule has 0 spiro atoms. The maximum atomic E-state index is 3.52. The number of unbranched alkanes of at least 4 members (excludes halogenated alkanes) is 1. The lowest BCUT2D eigenvalue weighted by atomic mass is 9.92. The minimum atomic E-state index is 0.281. The van der Waals surface area contributed by atoms with Crippen LogP contribution in [0, 0.1) is 11.8 Å². The number of nitrogens with one attached hydrogen (secondary N) is 1. The molecule has 0 aromatic carbocycles. The van der Waals surface area contributed by atoms with Crippen molar-refractivity contribution in [2.45, 2.75) is 66.3 Å². The van der Waals surface area contributed by atoms with Gasteiger partial charge in [-0.3, -0.25) is 0 Å². The van der Waals surface area contributed by atoms with Gasteiger partial charge in [-0.25, -0.2) is 0 Å². The monoisotopic (exact) mass is 199 g/mol. The van der Waals surface area contributed by atoms with E-state index >= 15 is 0 Å². The number of rotatable bonds is 6. The molecular weight excluding hydrogens is 170 g/mol. The van der Waals surface area contributed by atoms with Crippen molar-refractivity contribution in [2.75, 3.05) is 6.54 Å². The average Bonchev–Trinajstić information content (AvgIpc) is 2.01. The average molecular weight is 199 g/mol. The zero-order valence-electron chi connectivity index (χ0n) is 11.0. The molecule has 0 aliphatic rings. The molecule has 0 saturated heterocycles. The van der Waals surface area contributed by atoms with Crippen LogP contribution in [0.5, 0.6) is 0 Å². The van der Waals surface area contributed by atoms with Gasteiger partial charge in [0, 0.05) is 5.54 Å². The van der Waals surface area contributed by atoms with E-state index in [1.54, 1.807) is 0 Å². The fraction of sp³-hybridized carbons (Fsp3) is 1.00. The highest BCUT2D eigenvalue weighted by Gasteiger charge is 2.08. The Labute approximate surface area is 90.7 Å². The van der Waals surface area contributed by atoms with Gasteiger partial charge in [-0.05, 0) is 45.6 Å². The predicted molar refractivity (Wildman–Crippen MR) is 65.6 cm³/mol. The minimum absolute atomic E-state index is 0.281. The van der Waals surface area contributed by atoms with Crippen LogP contribution >= 0.6 is 0 Å². The molecule has 0 saturated carbocycles. The molecule has 14 heavy (non-hydrogen) atoms. The van der Waals surface area contributed by atoms with Crippen LogP contribution in [0.1, 0.15) is 60.8 Å². The van der Waals surface area contributed by atoms with Crippen LogP contribution in [0.2, 0.25) is 0 Å². The summed E-state index contributed by atoms with van der Waals surface area (Å²) in [5.41, 5.74) is 0.281. The summed E-state index contributed by atoms with van der Waals surface area (Å²) in [4.78, 5) is 0. The molecular formula is C13H29N. The zero-order chi connectivity index (χ0) is 11.2. The van der Waals surface area contributed by atoms with E-state index < -0.39 is 0 Å². The normalized spacial score (nSPS) is 14.8. The third-order valence-corrected chi connectivity index (χ3v) is 2.88. The first kappa shape index (κ1) is 14.0. The Kier molecular flexibility index (Phi) is 6.43. The van der Waals surface area contributed by atoms with Gasteiger partial charge in [0.05, 0.1) is 0 Å². The van der Waals surface area contributed by atoms with E-state index in [1.807, 2.05) is 0 Å². The summed E-state index contributed by atoms with van der Waals surface area (Å²) >= 11 is 0. The molecule has 1 unspecified atom stereocenters. The smallest absolute Gasteiger partial charge is 0.00965 e. The maximum absolute atomic E-state index is 3.52. The lowest BCUT2D eigenvalue weighted by molar-refractivity contribution is 0.364. The van der Waals surface area contributed by atoms with E-state index in [1.165, 1.54) is 19.3 Å². The molecule has 86 valence electrons. The van der Waals surface area contributed by atoms with Gasteiger partial charge in [-0.1, -0.05) is 33.6 Å². The van der Waals surface area contributed by atoms with Crippen molar-refractivity contribution in [3.8, 4) is 0 Å². The highest BCUT2D eigenvalue weighted by Crippen LogP contribution is 2.16. The highest BCUT2D eigenvalue weighted by atomic mass is 14.9. The zero-order valence-corrected chi connectivity index (χ0v) is 11.0. The fourth-order valence-corrected chi connectivity index (χ4v) is 1.39. The molecule has 0 radical (unpaired) electrons. The third kappa shape index (κ3) is 8.55. The lowest BCUT2D eigenvalue weighted by Gasteiger charge is -2.21. The molecule has 0 aliphatic heterocycles. The Morgan fingerprint density at radius 2 is 1.57 bits per heavy atom. The van der Waals surface area contributed by atoms with E-state index in [4.69, 9.17) is 0 Å². The molecule has 0 aromatic heterocycles. The number of hydrogen-bond acceptors (Lipinski definition) is 1. The van der Waals surface area contributed by atoms with Crippen molar-refractivity contribution < 1.29 is 0 Å². The molecule has 0 bridgehead atoms. The molecule has 1 heteroatoms. The van der Waals surface area contributed by atoms with Crippen LogP contribution in [0.4, 0.5) is 0 Å². The fourth-order valence-electron chi connectivity index (χ4n) is 1.39. The van der Waals surface area contributed by atoms with Gasteiger partial charge in [-0.15, -0.1) is 0 Å². The summed E-state index contributed by atoms with van der Waals surface area (Å²) in [6.07, 6.45) is 4.06. The topological polar surface area (TPSA) is 12.0 Å². The molecule has 0 amide bonds. The van der Waals surface area contributed by atoms with Gasteiger partial charge in [0.15, 0.2) is 0 Å². The molecule has 0 aliphatic carbocycles. The molecule has 0 aromatic rings. The van der Waals surface area contributed by atoms with Crippen molar-refractivity contribution in [1.29, 1.82) is 0 Å². The van der Waals surface area contributed by atoms with E-state index in [2.05, 4.69) is 46.9 Å². The number of hydrogen-bond donors (Lipinski definition) is 1. The van der Waals surface area contributed by atoms with Crippen LogP contribution in [0.25, 0.3) is 0 Å². The minimum Gasteiger partial charge on any atom is -0.312 e. The van der Waals surface area contributed by atoms with Crippen molar-refractivity contribution in [3.63, 3.8) is 0 Å². The van der Waals surface area contributed by atoms with Crippen molar-refractivity contribution in [1.82, 2.24) is 5.32 Å². The van der Waals surface area contributed by atoms with Gasteiger partial charge >= 0.3 is 0 Å². The second-order valence-corrected chi connectivity index (χ2v) is 5.89. The summed E-state index contributed by atoms with van der Waals surface area (Å²) in [6, 6.07) is 0. The van der Waals surface area contributed by atoms with Crippen LogP contribution < -0.4 is 5.32 Å². The standard InChI is InChI=1S/C13H29N/c1-11(2)12(3)9-7-8-10-14-13(4,5)6/h11-12,14H,7-10H2,1-6H3. The van der Waals surface area contributed by atoms with Crippen molar-refractivity contribution in [3.05, 3.63) is 0 Å². The van der Waals surface area contributed by atoms with Crippen LogP contribution in [-0.4, -0.2) is 12.1 Å². The molecule has 0 rings (SSSR count). The highest BCUT2D eigenvalue weighted by molar-refractivity contribution is 4.69. The summed E-state index contributed by atoms with van der Waals surface area (Å²) in [7, 11) is 0. The molecule has 1 nitrogen and oxygen atoms in total. The van der Waals surface area contributed by atoms with E-state index in [-0.39, 0.29) is 5.54 Å². The largest absolute Gasteiger partial charge is 0.312 e. The van der Waals surface area contributed by atoms with Crippen LogP contribution in [-0.2, 0) is 0 Å². The Hall–Kier alpha value is -0.0400. The molecule has 0 fully saturated rings. The second kappa shape index (κ2) is 6.44. The third-order valence-electron chi connectivity index (χ3n) is 2.88. The Morgan fingerprint density at radius 1 is 1.00 bits per heavy atom. The summed E-state index contributed by atoms with van der Waals surface area (Å²) in [6.45, 7) is 14.8. The van der Waals surface area contributed by atoms with E-state index in [0.29, 0.717) is 0 Å². The first-order chi connectivity index (χ1) is 6.33. The molecule has 0 heterocycles. The van der Waals surface area contributed by atoms with Crippen LogP contribution in [0.15, 0.2) is 0 Å². The predicted octanol–water partition coefficient (Wildman–Crippen LogP) is 3.84. The summed E-state index contributed by atoms with van der Waals surface area (Å²) in [5, 5.41) is 3.52. The molecule has 1 N–H and O–H groups in total. The summed E-state index contributed by atoms with van der Waals surface area (Å²) < 4.78 is 0. The Morgan fingerprint density at radius 3 is 2.00 bits per heavy atom. The maximum Gasteiger partial charge on any atom is 0.00965 e. The van der Waals surface area contributed by atoms with Gasteiger partial charge < -0.3 is 5.32 Å². The van der Waals surface area contributed by atoms with Gasteiger partial charge in [0.25, 0.3) is 0 Å². The first-order valence-electron chi connectivity index (χ1n) is 6.08. The quantitative estimate of drug-likeness (QED) is 0.641. The van der Waals surface area contributed by atoms with Crippen molar-refractivity contribution >= 4 is 0 Å². The van der Waals surface area contributed by atoms with Gasteiger partial charge in [0.2, 0.25) is 0 Å². The van der Waals surface area contributed by atoms with Gasteiger partial charge in [-0.2, -0.15) is 0 Å². The Bertz CT molecular complexity index is 133. The lowest BCUT2D eigenvalue weighted by Crippen LogP contribution is -2.36. The van der Waals surface area contributed by atoms with E-state index in [9.17, 15) is 0 Å².